The molecule has 9 heteroatoms. The van der Waals surface area contributed by atoms with E-state index in [0.29, 0.717) is 35.7 Å². The number of furan rings is 1. The van der Waals surface area contributed by atoms with Crippen LogP contribution in [0.25, 0.3) is 0 Å². The van der Waals surface area contributed by atoms with Crippen molar-refractivity contribution < 1.29 is 23.5 Å². The van der Waals surface area contributed by atoms with Gasteiger partial charge in [0, 0.05) is 5.70 Å². The molecule has 0 saturated heterocycles. The summed E-state index contributed by atoms with van der Waals surface area (Å²) in [7, 11) is 2.96. The van der Waals surface area contributed by atoms with Gasteiger partial charge < -0.3 is 24.1 Å². The van der Waals surface area contributed by atoms with E-state index in [1.807, 2.05) is 41.5 Å². The molecule has 1 unspecified atom stereocenters. The van der Waals surface area contributed by atoms with Gasteiger partial charge in [0.15, 0.2) is 5.17 Å². The lowest BCUT2D eigenvalue weighted by atomic mass is 9.92. The summed E-state index contributed by atoms with van der Waals surface area (Å²) < 4.78 is 15.8. The molecule has 3 heterocycles. The van der Waals surface area contributed by atoms with E-state index in [1.54, 1.807) is 25.5 Å². The number of rotatable bonds is 8. The van der Waals surface area contributed by atoms with E-state index in [0.717, 1.165) is 16.4 Å². The van der Waals surface area contributed by atoms with Crippen LogP contribution >= 0.6 is 11.8 Å². The Balaban J connectivity index is 1.67. The first-order valence-electron chi connectivity index (χ1n) is 10.5. The van der Waals surface area contributed by atoms with E-state index < -0.39 is 12.0 Å². The van der Waals surface area contributed by atoms with E-state index in [2.05, 4.69) is 5.32 Å². The van der Waals surface area contributed by atoms with Crippen LogP contribution in [0.1, 0.15) is 37.1 Å². The maximum atomic E-state index is 12.9. The smallest absolute Gasteiger partial charge is 0.338 e. The average molecular weight is 468 g/mol. The second kappa shape index (κ2) is 9.99. The predicted octanol–water partition coefficient (Wildman–Crippen LogP) is 4.13. The largest absolute Gasteiger partial charge is 0.497 e. The highest BCUT2D eigenvalue weighted by Gasteiger charge is 2.41. The minimum atomic E-state index is -0.492. The molecule has 2 aliphatic rings. The first-order valence-corrected chi connectivity index (χ1v) is 11.4. The normalized spacial score (nSPS) is 17.3. The maximum absolute atomic E-state index is 12.9. The number of nitrogens with zero attached hydrogens (tertiary/aromatic N) is 2. The molecule has 33 heavy (non-hydrogen) atoms. The molecule has 1 N–H and O–H groups in total. The lowest BCUT2D eigenvalue weighted by molar-refractivity contribution is -0.136. The van der Waals surface area contributed by atoms with Gasteiger partial charge in [0.1, 0.15) is 11.5 Å². The van der Waals surface area contributed by atoms with Crippen molar-refractivity contribution in [3.05, 3.63) is 76.4 Å². The molecule has 2 aromatic rings. The lowest BCUT2D eigenvalue weighted by Gasteiger charge is -2.36. The summed E-state index contributed by atoms with van der Waals surface area (Å²) in [4.78, 5) is 32.3. The summed E-state index contributed by atoms with van der Waals surface area (Å²) in [6.07, 6.45) is 2.27. The number of aliphatic imine (C=N–C) groups is 1. The quantitative estimate of drug-likeness (QED) is 0.584. The molecule has 0 radical (unpaired) electrons. The molecule has 1 amide bonds. The Morgan fingerprint density at radius 2 is 2.09 bits per heavy atom. The van der Waals surface area contributed by atoms with Gasteiger partial charge in [0.2, 0.25) is 5.91 Å². The van der Waals surface area contributed by atoms with Gasteiger partial charge in [-0.05, 0) is 41.7 Å². The van der Waals surface area contributed by atoms with Crippen LogP contribution in [0.2, 0.25) is 0 Å². The highest BCUT2D eigenvalue weighted by Crippen LogP contribution is 2.45. The van der Waals surface area contributed by atoms with Gasteiger partial charge >= 0.3 is 5.97 Å². The van der Waals surface area contributed by atoms with Crippen molar-refractivity contribution in [1.29, 1.82) is 0 Å². The summed E-state index contributed by atoms with van der Waals surface area (Å²) in [6, 6.07) is 10.6. The zero-order valence-corrected chi connectivity index (χ0v) is 19.5. The van der Waals surface area contributed by atoms with Crippen molar-refractivity contribution in [3.63, 3.8) is 0 Å². The fourth-order valence-electron chi connectivity index (χ4n) is 3.87. The van der Waals surface area contributed by atoms with Crippen LogP contribution in [0.4, 0.5) is 0 Å². The van der Waals surface area contributed by atoms with Gasteiger partial charge in [-0.2, -0.15) is 0 Å². The van der Waals surface area contributed by atoms with Crippen LogP contribution in [0.5, 0.6) is 5.75 Å². The van der Waals surface area contributed by atoms with Gasteiger partial charge in [0.05, 0.1) is 50.8 Å². The number of carbonyl (C=O) groups is 2. The Kier molecular flexibility index (Phi) is 6.88. The fourth-order valence-corrected chi connectivity index (χ4v) is 4.80. The van der Waals surface area contributed by atoms with Crippen molar-refractivity contribution in [2.75, 3.05) is 14.2 Å². The van der Waals surface area contributed by atoms with E-state index in [-0.39, 0.29) is 12.3 Å². The van der Waals surface area contributed by atoms with Gasteiger partial charge in [-0.15, -0.1) is 0 Å². The molecule has 4 rings (SSSR count). The summed E-state index contributed by atoms with van der Waals surface area (Å²) in [6.45, 7) is 2.26. The third-order valence-electron chi connectivity index (χ3n) is 5.42. The number of amidine groups is 1. The van der Waals surface area contributed by atoms with E-state index >= 15 is 0 Å². The zero-order valence-electron chi connectivity index (χ0n) is 18.7. The van der Waals surface area contributed by atoms with Crippen LogP contribution in [-0.2, 0) is 20.9 Å². The molecule has 1 aromatic carbocycles. The molecule has 0 bridgehead atoms. The predicted molar refractivity (Wildman–Crippen MR) is 125 cm³/mol. The Labute approximate surface area is 196 Å². The molecule has 8 nitrogen and oxygen atoms in total. The Hall–Kier alpha value is -3.46. The molecule has 2 aliphatic heterocycles. The van der Waals surface area contributed by atoms with Crippen molar-refractivity contribution >= 4 is 28.8 Å². The topological polar surface area (TPSA) is 93.4 Å². The minimum absolute atomic E-state index is 0.128. The standard InChI is InChI=1S/C24H25N3O5S/c1-4-19-21(23(29)31-3)22(15-7-5-8-17(11-15)30-2)27-16(14-33-24(27)26-19)12-20(28)25-13-18-9-6-10-32-18/h5-11,14,22H,4,12-13H2,1-3H3,(H,25,28). The summed E-state index contributed by atoms with van der Waals surface area (Å²) in [5.41, 5.74) is 2.73. The number of allylic oxidation sites excluding steroid dienone is 1. The number of fused-ring (bicyclic) bond motifs is 1. The van der Waals surface area contributed by atoms with Gasteiger partial charge in [-0.1, -0.05) is 30.8 Å². The summed E-state index contributed by atoms with van der Waals surface area (Å²) in [5.74, 6) is 0.748. The molecular formula is C24H25N3O5S. The Morgan fingerprint density at radius 3 is 2.79 bits per heavy atom. The van der Waals surface area contributed by atoms with E-state index in [1.165, 1.54) is 18.9 Å². The number of amides is 1. The summed E-state index contributed by atoms with van der Waals surface area (Å²) >= 11 is 1.44. The van der Waals surface area contributed by atoms with Crippen LogP contribution in [0.15, 0.2) is 74.4 Å². The molecular weight excluding hydrogens is 442 g/mol. The van der Waals surface area contributed by atoms with Gasteiger partial charge in [-0.3, -0.25) is 4.79 Å². The van der Waals surface area contributed by atoms with E-state index in [9.17, 15) is 9.59 Å². The van der Waals surface area contributed by atoms with Crippen LogP contribution in [0.3, 0.4) is 0 Å². The molecule has 0 aliphatic carbocycles. The molecule has 1 aromatic heterocycles. The lowest BCUT2D eigenvalue weighted by Crippen LogP contribution is -2.38. The molecule has 172 valence electrons. The number of nitrogens with one attached hydrogen (secondary N) is 1. The van der Waals surface area contributed by atoms with Gasteiger partial charge in [-0.25, -0.2) is 9.79 Å². The first-order chi connectivity index (χ1) is 16.0. The van der Waals surface area contributed by atoms with E-state index in [4.69, 9.17) is 18.9 Å². The van der Waals surface area contributed by atoms with Gasteiger partial charge in [0.25, 0.3) is 0 Å². The number of thioether (sulfide) groups is 1. The molecule has 0 spiro atoms. The third kappa shape index (κ3) is 4.68. The SMILES string of the molecule is CCC1=C(C(=O)OC)C(c2cccc(OC)c2)N2C(CC(=O)NCc3ccco3)=CSC2=N1. The fraction of sp³-hybridized carbons (Fsp3) is 0.292. The number of benzene rings is 1. The molecule has 1 atom stereocenters. The van der Waals surface area contributed by atoms with Crippen molar-refractivity contribution in [3.8, 4) is 5.75 Å². The minimum Gasteiger partial charge on any atom is -0.497 e. The maximum Gasteiger partial charge on any atom is 0.338 e. The highest BCUT2D eigenvalue weighted by atomic mass is 32.2. The number of carbonyl (C=O) groups excluding carboxylic acids is 2. The number of hydrogen-bond donors (Lipinski definition) is 1. The third-order valence-corrected chi connectivity index (χ3v) is 6.31. The molecule has 0 saturated carbocycles. The van der Waals surface area contributed by atoms with Crippen LogP contribution in [0, 0.1) is 0 Å². The number of hydrogen-bond acceptors (Lipinski definition) is 8. The Morgan fingerprint density at radius 1 is 1.24 bits per heavy atom. The Bertz CT molecular complexity index is 1140. The molecule has 0 fully saturated rings. The van der Waals surface area contributed by atoms with Crippen LogP contribution in [-0.4, -0.2) is 36.2 Å². The highest BCUT2D eigenvalue weighted by molar-refractivity contribution is 8.16. The van der Waals surface area contributed by atoms with Crippen molar-refractivity contribution in [2.24, 2.45) is 4.99 Å². The number of ether oxygens (including phenoxy) is 2. The van der Waals surface area contributed by atoms with Crippen molar-refractivity contribution in [1.82, 2.24) is 10.2 Å². The second-order valence-electron chi connectivity index (χ2n) is 7.41. The average Bonchev–Trinajstić information content (AvgIpc) is 3.51. The summed E-state index contributed by atoms with van der Waals surface area (Å²) in [5, 5.41) is 5.50. The first kappa shape index (κ1) is 22.7. The number of esters is 1. The monoisotopic (exact) mass is 467 g/mol. The zero-order chi connectivity index (χ0) is 23.4. The second-order valence-corrected chi connectivity index (χ2v) is 8.25. The van der Waals surface area contributed by atoms with Crippen molar-refractivity contribution in [2.45, 2.75) is 32.4 Å². The van der Waals surface area contributed by atoms with Crippen LogP contribution < -0.4 is 10.1 Å². The number of methoxy groups -OCH3 is 2.